The lowest BCUT2D eigenvalue weighted by Gasteiger charge is -2.11. The molecule has 0 amide bonds. The number of benzene rings is 1. The molecule has 0 fully saturated rings. The van der Waals surface area contributed by atoms with Crippen LogP contribution in [0.15, 0.2) is 35.1 Å². The molecule has 0 bridgehead atoms. The van der Waals surface area contributed by atoms with E-state index in [9.17, 15) is 4.79 Å². The number of aryl methyl sites for hydroxylation is 2. The first-order chi connectivity index (χ1) is 8.54. The van der Waals surface area contributed by atoms with Gasteiger partial charge in [-0.25, -0.2) is 0 Å². The lowest BCUT2D eigenvalue weighted by Crippen LogP contribution is -2.22. The summed E-state index contributed by atoms with van der Waals surface area (Å²) in [7, 11) is 1.73. The molecule has 0 aliphatic rings. The van der Waals surface area contributed by atoms with Crippen LogP contribution in [0.3, 0.4) is 0 Å². The largest absolute Gasteiger partial charge is 0.391 e. The van der Waals surface area contributed by atoms with E-state index in [-0.39, 0.29) is 12.2 Å². The van der Waals surface area contributed by atoms with Gasteiger partial charge in [0.25, 0.3) is 5.56 Å². The van der Waals surface area contributed by atoms with Gasteiger partial charge < -0.3 is 9.67 Å². The first-order valence-electron chi connectivity index (χ1n) is 5.92. The molecule has 18 heavy (non-hydrogen) atoms. The third kappa shape index (κ3) is 2.09. The average molecular weight is 243 g/mol. The van der Waals surface area contributed by atoms with E-state index in [1.165, 1.54) is 11.1 Å². The summed E-state index contributed by atoms with van der Waals surface area (Å²) in [5.74, 6) is 0. The van der Waals surface area contributed by atoms with Crippen LogP contribution in [-0.2, 0) is 13.7 Å². The standard InChI is InChI=1S/C15H17NO2/c1-10-4-5-12(8-11(10)2)14-7-6-13(9-17)15(18)16(14)3/h4-8,17H,9H2,1-3H3. The van der Waals surface area contributed by atoms with Crippen LogP contribution in [0.4, 0.5) is 0 Å². The Labute approximate surface area is 106 Å². The zero-order valence-electron chi connectivity index (χ0n) is 10.9. The minimum absolute atomic E-state index is 0.145. The molecule has 2 aromatic rings. The van der Waals surface area contributed by atoms with E-state index in [1.807, 2.05) is 12.1 Å². The van der Waals surface area contributed by atoms with E-state index in [2.05, 4.69) is 26.0 Å². The van der Waals surface area contributed by atoms with Crippen molar-refractivity contribution >= 4 is 0 Å². The summed E-state index contributed by atoms with van der Waals surface area (Å²) in [6, 6.07) is 9.69. The fraction of sp³-hybridized carbons (Fsp3) is 0.267. The monoisotopic (exact) mass is 243 g/mol. The summed E-state index contributed by atoms with van der Waals surface area (Å²) >= 11 is 0. The maximum Gasteiger partial charge on any atom is 0.256 e. The minimum atomic E-state index is -0.222. The first kappa shape index (κ1) is 12.6. The number of nitrogens with zero attached hydrogens (tertiary/aromatic N) is 1. The van der Waals surface area contributed by atoms with Gasteiger partial charge in [0.15, 0.2) is 0 Å². The zero-order valence-corrected chi connectivity index (χ0v) is 10.9. The molecule has 0 aliphatic carbocycles. The average Bonchev–Trinajstić information content (AvgIpc) is 2.36. The molecule has 3 nitrogen and oxygen atoms in total. The van der Waals surface area contributed by atoms with Gasteiger partial charge in [0, 0.05) is 12.6 Å². The fourth-order valence-electron chi connectivity index (χ4n) is 2.00. The number of rotatable bonds is 2. The van der Waals surface area contributed by atoms with Gasteiger partial charge in [-0.1, -0.05) is 12.1 Å². The molecule has 0 spiro atoms. The Bertz CT molecular complexity index is 641. The molecule has 1 aromatic heterocycles. The van der Waals surface area contributed by atoms with Crippen LogP contribution >= 0.6 is 0 Å². The molecule has 0 saturated carbocycles. The Morgan fingerprint density at radius 1 is 1.11 bits per heavy atom. The highest BCUT2D eigenvalue weighted by molar-refractivity contribution is 5.61. The van der Waals surface area contributed by atoms with Crippen LogP contribution in [-0.4, -0.2) is 9.67 Å². The second-order valence-corrected chi connectivity index (χ2v) is 4.57. The highest BCUT2D eigenvalue weighted by atomic mass is 16.3. The van der Waals surface area contributed by atoms with Crippen molar-refractivity contribution in [2.45, 2.75) is 20.5 Å². The Hall–Kier alpha value is -1.87. The molecular formula is C15H17NO2. The summed E-state index contributed by atoms with van der Waals surface area (Å²) < 4.78 is 1.58. The van der Waals surface area contributed by atoms with Crippen LogP contribution < -0.4 is 5.56 Å². The van der Waals surface area contributed by atoms with Gasteiger partial charge >= 0.3 is 0 Å². The van der Waals surface area contributed by atoms with E-state index >= 15 is 0 Å². The molecule has 3 heteroatoms. The number of aliphatic hydroxyl groups excluding tert-OH is 1. The first-order valence-corrected chi connectivity index (χ1v) is 5.92. The van der Waals surface area contributed by atoms with Crippen LogP contribution in [0.5, 0.6) is 0 Å². The number of hydrogen-bond acceptors (Lipinski definition) is 2. The third-order valence-electron chi connectivity index (χ3n) is 3.36. The van der Waals surface area contributed by atoms with Crippen molar-refractivity contribution in [3.63, 3.8) is 0 Å². The Balaban J connectivity index is 2.61. The lowest BCUT2D eigenvalue weighted by molar-refractivity contribution is 0.279. The maximum atomic E-state index is 11.9. The van der Waals surface area contributed by atoms with Crippen molar-refractivity contribution in [3.05, 3.63) is 57.4 Å². The summed E-state index contributed by atoms with van der Waals surface area (Å²) in [5.41, 5.74) is 4.59. The van der Waals surface area contributed by atoms with Crippen molar-refractivity contribution in [2.75, 3.05) is 0 Å². The second kappa shape index (κ2) is 4.78. The zero-order chi connectivity index (χ0) is 13.3. The third-order valence-corrected chi connectivity index (χ3v) is 3.36. The van der Waals surface area contributed by atoms with E-state index < -0.39 is 0 Å². The van der Waals surface area contributed by atoms with Crippen molar-refractivity contribution in [2.24, 2.45) is 7.05 Å². The number of pyridine rings is 1. The van der Waals surface area contributed by atoms with Crippen LogP contribution in [0.1, 0.15) is 16.7 Å². The summed E-state index contributed by atoms with van der Waals surface area (Å²) in [5, 5.41) is 9.07. The highest BCUT2D eigenvalue weighted by Gasteiger charge is 2.07. The lowest BCUT2D eigenvalue weighted by atomic mass is 10.0. The van der Waals surface area contributed by atoms with Crippen molar-refractivity contribution in [1.82, 2.24) is 4.57 Å². The minimum Gasteiger partial charge on any atom is -0.391 e. The summed E-state index contributed by atoms with van der Waals surface area (Å²) in [4.78, 5) is 11.9. The molecule has 0 unspecified atom stereocenters. The maximum absolute atomic E-state index is 11.9. The molecule has 1 heterocycles. The molecule has 0 atom stereocenters. The van der Waals surface area contributed by atoms with Gasteiger partial charge in [-0.05, 0) is 48.7 Å². The predicted octanol–water partition coefficient (Wildman–Crippen LogP) is 2.16. The molecule has 2 rings (SSSR count). The van der Waals surface area contributed by atoms with Crippen LogP contribution in [0, 0.1) is 13.8 Å². The molecule has 1 N–H and O–H groups in total. The Morgan fingerprint density at radius 3 is 2.44 bits per heavy atom. The van der Waals surface area contributed by atoms with Gasteiger partial charge in [-0.2, -0.15) is 0 Å². The molecular weight excluding hydrogens is 226 g/mol. The van der Waals surface area contributed by atoms with E-state index in [1.54, 1.807) is 17.7 Å². The fourth-order valence-corrected chi connectivity index (χ4v) is 2.00. The summed E-state index contributed by atoms with van der Waals surface area (Å²) in [6.07, 6.45) is 0. The quantitative estimate of drug-likeness (QED) is 0.878. The van der Waals surface area contributed by atoms with Gasteiger partial charge in [-0.15, -0.1) is 0 Å². The van der Waals surface area contributed by atoms with E-state index in [4.69, 9.17) is 5.11 Å². The van der Waals surface area contributed by atoms with Crippen molar-refractivity contribution in [1.29, 1.82) is 0 Å². The Kier molecular flexibility index (Phi) is 3.34. The van der Waals surface area contributed by atoms with Gasteiger partial charge in [-0.3, -0.25) is 4.79 Å². The SMILES string of the molecule is Cc1ccc(-c2ccc(CO)c(=O)n2C)cc1C. The number of aliphatic hydroxyl groups is 1. The predicted molar refractivity (Wildman–Crippen MR) is 72.5 cm³/mol. The van der Waals surface area contributed by atoms with Gasteiger partial charge in [0.1, 0.15) is 0 Å². The smallest absolute Gasteiger partial charge is 0.256 e. The van der Waals surface area contributed by atoms with E-state index in [0.717, 1.165) is 11.3 Å². The van der Waals surface area contributed by atoms with Crippen LogP contribution in [0.25, 0.3) is 11.3 Å². The molecule has 0 aliphatic heterocycles. The number of hydrogen-bond donors (Lipinski definition) is 1. The second-order valence-electron chi connectivity index (χ2n) is 4.57. The van der Waals surface area contributed by atoms with Crippen molar-refractivity contribution in [3.8, 4) is 11.3 Å². The normalized spacial score (nSPS) is 10.7. The molecule has 1 aromatic carbocycles. The van der Waals surface area contributed by atoms with Gasteiger partial charge in [0.05, 0.1) is 12.3 Å². The molecule has 94 valence electrons. The van der Waals surface area contributed by atoms with Crippen LogP contribution in [0.2, 0.25) is 0 Å². The number of aromatic nitrogens is 1. The topological polar surface area (TPSA) is 42.2 Å². The van der Waals surface area contributed by atoms with Gasteiger partial charge in [0.2, 0.25) is 0 Å². The summed E-state index contributed by atoms with van der Waals surface area (Å²) in [6.45, 7) is 3.89. The molecule has 0 radical (unpaired) electrons. The van der Waals surface area contributed by atoms with E-state index in [0.29, 0.717) is 5.56 Å². The molecule has 0 saturated heterocycles. The highest BCUT2D eigenvalue weighted by Crippen LogP contribution is 2.20. The Morgan fingerprint density at radius 2 is 1.83 bits per heavy atom. The van der Waals surface area contributed by atoms with Crippen molar-refractivity contribution < 1.29 is 5.11 Å².